The average molecular weight is 766 g/mol. The van der Waals surface area contributed by atoms with Crippen LogP contribution < -0.4 is 0 Å². The van der Waals surface area contributed by atoms with Crippen LogP contribution in [-0.4, -0.2) is 40.2 Å². The number of benzene rings is 2. The van der Waals surface area contributed by atoms with Crippen molar-refractivity contribution in [1.29, 1.82) is 0 Å². The largest absolute Gasteiger partial charge is 2.00 e. The molecule has 4 heterocycles. The average Bonchev–Trinajstić information content (AvgIpc) is 3.68. The number of aromatic nitrogens is 2. The number of thiophene rings is 2. The summed E-state index contributed by atoms with van der Waals surface area (Å²) >= 11 is 3.48. The van der Waals surface area contributed by atoms with Crippen molar-refractivity contribution >= 4 is 54.8 Å². The molecule has 0 spiro atoms. The zero-order valence-electron chi connectivity index (χ0n) is 26.9. The number of esters is 2. The summed E-state index contributed by atoms with van der Waals surface area (Å²) in [4.78, 5) is 32.7. The van der Waals surface area contributed by atoms with Gasteiger partial charge in [0.15, 0.2) is 0 Å². The minimum absolute atomic E-state index is 0. The molecule has 7 nitrogen and oxygen atoms in total. The Morgan fingerprint density at radius 1 is 0.792 bits per heavy atom. The van der Waals surface area contributed by atoms with E-state index in [-0.39, 0.29) is 44.0 Å². The van der Waals surface area contributed by atoms with Gasteiger partial charge < -0.3 is 24.5 Å². The van der Waals surface area contributed by atoms with Gasteiger partial charge in [-0.2, -0.15) is 0 Å². The fourth-order valence-electron chi connectivity index (χ4n) is 4.00. The molecule has 0 aliphatic heterocycles. The summed E-state index contributed by atoms with van der Waals surface area (Å²) in [5, 5.41) is 11.0. The zero-order chi connectivity index (χ0) is 33.8. The van der Waals surface area contributed by atoms with E-state index in [1.807, 2.05) is 36.7 Å². The van der Waals surface area contributed by atoms with Crippen LogP contribution in [0.15, 0.2) is 109 Å². The summed E-state index contributed by atoms with van der Waals surface area (Å²) in [6, 6.07) is 31.6. The van der Waals surface area contributed by atoms with Crippen molar-refractivity contribution in [3.05, 3.63) is 132 Å². The second-order valence-corrected chi connectivity index (χ2v) is 12.5. The molecule has 0 aliphatic carbocycles. The molecule has 4 aromatic heterocycles. The second kappa shape index (κ2) is 18.7. The number of hydrogen-bond acceptors (Lipinski definition) is 9. The van der Waals surface area contributed by atoms with Crippen LogP contribution in [0.1, 0.15) is 25.0 Å². The Morgan fingerprint density at radius 3 is 1.67 bits per heavy atom. The Labute approximate surface area is 301 Å². The van der Waals surface area contributed by atoms with E-state index in [2.05, 4.69) is 101 Å². The number of pyridine rings is 2. The second-order valence-electron chi connectivity index (χ2n) is 10.4. The fourth-order valence-corrected chi connectivity index (χ4v) is 5.94. The number of carbonyl (C=O) groups is 2. The number of ether oxygens (including phenoxy) is 2. The van der Waals surface area contributed by atoms with Crippen LogP contribution in [0.25, 0.3) is 41.3 Å². The maximum Gasteiger partial charge on any atom is 2.00 e. The summed E-state index contributed by atoms with van der Waals surface area (Å²) in [7, 11) is 0. The zero-order valence-corrected chi connectivity index (χ0v) is 30.2. The van der Waals surface area contributed by atoms with Crippen molar-refractivity contribution < 1.29 is 43.6 Å². The number of nitrogens with zero attached hydrogens (tertiary/aromatic N) is 2. The third kappa shape index (κ3) is 11.6. The molecule has 6 rings (SSSR count). The van der Waals surface area contributed by atoms with Crippen molar-refractivity contribution in [2.45, 2.75) is 27.7 Å². The van der Waals surface area contributed by atoms with Crippen molar-refractivity contribution in [3.8, 4) is 21.1 Å². The summed E-state index contributed by atoms with van der Waals surface area (Å²) in [5.41, 5.74) is 4.78. The summed E-state index contributed by atoms with van der Waals surface area (Å²) in [6.07, 6.45) is 4.63. The van der Waals surface area contributed by atoms with E-state index in [1.165, 1.54) is 45.1 Å². The molecule has 2 aromatic carbocycles. The van der Waals surface area contributed by atoms with Gasteiger partial charge in [0, 0.05) is 29.4 Å². The number of carbonyl (C=O) groups excluding carboxylic acids is 2. The van der Waals surface area contributed by atoms with E-state index < -0.39 is 11.9 Å². The maximum absolute atomic E-state index is 10.9. The summed E-state index contributed by atoms with van der Waals surface area (Å²) in [6.45, 7) is 10.3. The number of aryl methyl sites for hydroxylation is 2. The molecule has 1 N–H and O–H groups in total. The molecule has 0 bridgehead atoms. The number of allylic oxidation sites excluding steroid dienone is 1. The van der Waals surface area contributed by atoms with E-state index in [0.29, 0.717) is 0 Å². The molecule has 0 saturated carbocycles. The predicted molar refractivity (Wildman–Crippen MR) is 190 cm³/mol. The Balaban J connectivity index is 0.000000194. The molecule has 0 unspecified atom stereocenters. The van der Waals surface area contributed by atoms with E-state index in [9.17, 15) is 9.59 Å². The van der Waals surface area contributed by atoms with Crippen LogP contribution in [0.4, 0.5) is 0 Å². The predicted octanol–water partition coefficient (Wildman–Crippen LogP) is 9.25. The first kappa shape index (κ1) is 38.0. The SMILES string of the molecule is C=C(C)C(=O)OCCOC(=O)C=C(C)O.Cc1ccnc(-c2[c-]c3ccccc3s2)c1.Cc1ccnc(-c2[c-]c3ccccc3s2)c1.[Rh+2]. The normalized spacial score (nSPS) is 10.5. The van der Waals surface area contributed by atoms with Gasteiger partial charge in [0.2, 0.25) is 0 Å². The van der Waals surface area contributed by atoms with Gasteiger partial charge in [-0.05, 0) is 59.0 Å². The molecule has 0 saturated heterocycles. The summed E-state index contributed by atoms with van der Waals surface area (Å²) < 4.78 is 11.8. The topological polar surface area (TPSA) is 98.6 Å². The molecule has 0 fully saturated rings. The molecule has 247 valence electrons. The number of hydrogen-bond donors (Lipinski definition) is 1. The quantitative estimate of drug-likeness (QED) is 0.0432. The van der Waals surface area contributed by atoms with E-state index in [1.54, 1.807) is 22.7 Å². The summed E-state index contributed by atoms with van der Waals surface area (Å²) in [5.74, 6) is -1.35. The molecule has 48 heavy (non-hydrogen) atoms. The minimum Gasteiger partial charge on any atom is -0.512 e. The number of aliphatic hydroxyl groups excluding tert-OH is 1. The standard InChI is InChI=1S/2C14H10NS.C10H14O5.Rh/c2*1-10-6-7-15-12(8-10)14-9-11-4-2-3-5-13(11)16-14;1-7(2)10(13)15-5-4-14-9(12)6-8(3)11;/h2*2-8H,1H3;6,11H,1,4-5H2,2-3H3;/q2*-1;;+2. The van der Waals surface area contributed by atoms with Crippen molar-refractivity contribution in [2.24, 2.45) is 0 Å². The first-order chi connectivity index (χ1) is 22.6. The Bertz CT molecular complexity index is 1850. The van der Waals surface area contributed by atoms with Crippen LogP contribution in [-0.2, 0) is 38.5 Å². The minimum atomic E-state index is -0.679. The van der Waals surface area contributed by atoms with Crippen LogP contribution in [0, 0.1) is 26.0 Å². The van der Waals surface area contributed by atoms with Crippen molar-refractivity contribution in [2.75, 3.05) is 13.2 Å². The Hall–Kier alpha value is -4.50. The molecule has 0 atom stereocenters. The number of rotatable bonds is 7. The molecule has 10 heteroatoms. The molecular formula is C38H34N2O5RhS2. The Morgan fingerprint density at radius 2 is 1.25 bits per heavy atom. The fraction of sp³-hybridized carbons (Fsp3) is 0.158. The van der Waals surface area contributed by atoms with Crippen LogP contribution >= 0.6 is 22.7 Å². The van der Waals surface area contributed by atoms with Gasteiger partial charge in [0.1, 0.15) is 13.2 Å². The first-order valence-corrected chi connectivity index (χ1v) is 16.3. The van der Waals surface area contributed by atoms with Gasteiger partial charge in [-0.15, -0.1) is 47.2 Å². The van der Waals surface area contributed by atoms with Crippen LogP contribution in [0.2, 0.25) is 0 Å². The third-order valence-corrected chi connectivity index (χ3v) is 8.41. The van der Waals surface area contributed by atoms with Gasteiger partial charge in [0.05, 0.1) is 11.8 Å². The van der Waals surface area contributed by atoms with E-state index in [4.69, 9.17) is 5.11 Å². The monoisotopic (exact) mass is 765 g/mol. The number of fused-ring (bicyclic) bond motifs is 2. The molecule has 0 amide bonds. The van der Waals surface area contributed by atoms with Crippen molar-refractivity contribution in [1.82, 2.24) is 9.97 Å². The molecular weight excluding hydrogens is 731 g/mol. The van der Waals surface area contributed by atoms with Gasteiger partial charge in [-0.1, -0.05) is 54.1 Å². The van der Waals surface area contributed by atoms with Gasteiger partial charge in [0.25, 0.3) is 0 Å². The maximum atomic E-state index is 10.9. The first-order valence-electron chi connectivity index (χ1n) is 14.6. The molecule has 1 radical (unpaired) electrons. The van der Waals surface area contributed by atoms with Crippen LogP contribution in [0.3, 0.4) is 0 Å². The molecule has 6 aromatic rings. The van der Waals surface area contributed by atoms with Crippen molar-refractivity contribution in [3.63, 3.8) is 0 Å². The van der Waals surface area contributed by atoms with Gasteiger partial charge >= 0.3 is 31.4 Å². The van der Waals surface area contributed by atoms with Crippen LogP contribution in [0.5, 0.6) is 0 Å². The molecule has 0 aliphatic rings. The number of aliphatic hydroxyl groups is 1. The van der Waals surface area contributed by atoms with E-state index in [0.717, 1.165) is 27.2 Å². The van der Waals surface area contributed by atoms with Gasteiger partial charge in [-0.25, -0.2) is 32.3 Å². The smallest absolute Gasteiger partial charge is 0.512 e. The third-order valence-electron chi connectivity index (χ3n) is 6.23. The Kier molecular flexibility index (Phi) is 14.8. The van der Waals surface area contributed by atoms with Gasteiger partial charge in [-0.3, -0.25) is 0 Å². The van der Waals surface area contributed by atoms with E-state index >= 15 is 0 Å².